The van der Waals surface area contributed by atoms with Crippen molar-refractivity contribution in [1.82, 2.24) is 9.97 Å². The summed E-state index contributed by atoms with van der Waals surface area (Å²) in [7, 11) is 2.91. The molecule has 6 nitrogen and oxygen atoms in total. The molecule has 0 saturated carbocycles. The molecule has 26 heavy (non-hydrogen) atoms. The number of aromatic nitrogens is 2. The van der Waals surface area contributed by atoms with Crippen LogP contribution in [0.4, 0.5) is 19.1 Å². The third-order valence-corrected chi connectivity index (χ3v) is 3.59. The molecule has 0 unspecified atom stereocenters. The Morgan fingerprint density at radius 2 is 1.58 bits per heavy atom. The number of hydrogen-bond donors (Lipinski definition) is 1. The Labute approximate surface area is 146 Å². The van der Waals surface area contributed by atoms with Crippen molar-refractivity contribution < 1.29 is 27.4 Å². The molecular weight excluding hydrogens is 351 g/mol. The predicted octanol–water partition coefficient (Wildman–Crippen LogP) is 3.79. The summed E-state index contributed by atoms with van der Waals surface area (Å²) in [6.07, 6.45) is -4.84. The van der Waals surface area contributed by atoms with E-state index in [9.17, 15) is 13.2 Å². The lowest BCUT2D eigenvalue weighted by atomic mass is 10.0. The minimum atomic E-state index is -4.84. The Balaban J connectivity index is 2.29. The number of halogens is 3. The van der Waals surface area contributed by atoms with Crippen LogP contribution in [-0.2, 0) is 0 Å². The van der Waals surface area contributed by atoms with Gasteiger partial charge in [0.05, 0.1) is 25.4 Å². The fourth-order valence-electron chi connectivity index (χ4n) is 2.55. The number of methoxy groups -OCH3 is 2. The summed E-state index contributed by atoms with van der Waals surface area (Å²) in [6.45, 7) is 0. The van der Waals surface area contributed by atoms with Crippen LogP contribution in [0.15, 0.2) is 36.4 Å². The smallest absolute Gasteiger partial charge is 0.493 e. The lowest BCUT2D eigenvalue weighted by Crippen LogP contribution is -2.17. The highest BCUT2D eigenvalue weighted by Crippen LogP contribution is 2.39. The molecule has 0 atom stereocenters. The zero-order valence-corrected chi connectivity index (χ0v) is 13.8. The first-order valence-corrected chi connectivity index (χ1v) is 7.37. The summed E-state index contributed by atoms with van der Waals surface area (Å²) in [5.41, 5.74) is 6.45. The summed E-state index contributed by atoms with van der Waals surface area (Å²) >= 11 is 0. The van der Waals surface area contributed by atoms with Crippen molar-refractivity contribution in [2.45, 2.75) is 6.36 Å². The van der Waals surface area contributed by atoms with Crippen molar-refractivity contribution in [3.05, 3.63) is 36.4 Å². The summed E-state index contributed by atoms with van der Waals surface area (Å²) in [4.78, 5) is 8.23. The van der Waals surface area contributed by atoms with E-state index < -0.39 is 12.1 Å². The normalized spacial score (nSPS) is 11.4. The third-order valence-electron chi connectivity index (χ3n) is 3.59. The minimum absolute atomic E-state index is 0.0958. The Kier molecular flexibility index (Phi) is 4.45. The van der Waals surface area contributed by atoms with E-state index in [2.05, 4.69) is 14.7 Å². The first-order chi connectivity index (χ1) is 12.3. The summed E-state index contributed by atoms with van der Waals surface area (Å²) in [6, 6.07) is 8.81. The lowest BCUT2D eigenvalue weighted by molar-refractivity contribution is -0.274. The van der Waals surface area contributed by atoms with E-state index in [0.29, 0.717) is 22.4 Å². The first kappa shape index (κ1) is 17.6. The van der Waals surface area contributed by atoms with Gasteiger partial charge in [0.1, 0.15) is 5.75 Å². The molecule has 0 radical (unpaired) electrons. The molecule has 0 aliphatic heterocycles. The van der Waals surface area contributed by atoms with Crippen LogP contribution in [0.25, 0.3) is 22.2 Å². The number of fused-ring (bicyclic) bond motifs is 1. The summed E-state index contributed by atoms with van der Waals surface area (Å²) < 4.78 is 52.8. The molecule has 0 bridgehead atoms. The second-order valence-corrected chi connectivity index (χ2v) is 5.20. The number of nitrogens with two attached hydrogens (primary N) is 1. The number of nitrogens with zero attached hydrogens (tertiary/aromatic N) is 2. The number of hydrogen-bond acceptors (Lipinski definition) is 6. The van der Waals surface area contributed by atoms with Crippen molar-refractivity contribution in [3.8, 4) is 28.5 Å². The molecule has 0 aliphatic rings. The van der Waals surface area contributed by atoms with Crippen LogP contribution in [0.5, 0.6) is 17.2 Å². The van der Waals surface area contributed by atoms with Gasteiger partial charge in [0.15, 0.2) is 11.5 Å². The van der Waals surface area contributed by atoms with Gasteiger partial charge in [0, 0.05) is 17.0 Å². The van der Waals surface area contributed by atoms with E-state index >= 15 is 0 Å². The van der Waals surface area contributed by atoms with Crippen molar-refractivity contribution in [1.29, 1.82) is 0 Å². The summed E-state index contributed by atoms with van der Waals surface area (Å²) in [5.74, 6) is 0.295. The van der Waals surface area contributed by atoms with E-state index in [4.69, 9.17) is 15.2 Å². The fourth-order valence-corrected chi connectivity index (χ4v) is 2.55. The topological polar surface area (TPSA) is 79.5 Å². The zero-order chi connectivity index (χ0) is 18.9. The van der Waals surface area contributed by atoms with Crippen LogP contribution in [0.1, 0.15) is 0 Å². The molecule has 3 aromatic rings. The van der Waals surface area contributed by atoms with Gasteiger partial charge in [0.25, 0.3) is 0 Å². The van der Waals surface area contributed by atoms with Crippen LogP contribution in [0.3, 0.4) is 0 Å². The first-order valence-electron chi connectivity index (χ1n) is 7.37. The van der Waals surface area contributed by atoms with Gasteiger partial charge >= 0.3 is 6.36 Å². The molecule has 0 fully saturated rings. The van der Waals surface area contributed by atoms with Gasteiger partial charge in [0.2, 0.25) is 5.95 Å². The molecule has 0 amide bonds. The highest BCUT2D eigenvalue weighted by Gasteiger charge is 2.32. The number of rotatable bonds is 4. The Morgan fingerprint density at radius 1 is 0.923 bits per heavy atom. The molecule has 0 saturated heterocycles. The monoisotopic (exact) mass is 365 g/mol. The SMILES string of the molecule is COc1cc2nc(N)nc(-c3ccccc3OC(F)(F)F)c2cc1OC. The van der Waals surface area contributed by atoms with Crippen molar-refractivity contribution in [3.63, 3.8) is 0 Å². The number of alkyl halides is 3. The van der Waals surface area contributed by atoms with Gasteiger partial charge in [-0.1, -0.05) is 12.1 Å². The van der Waals surface area contributed by atoms with E-state index in [1.165, 1.54) is 32.4 Å². The predicted molar refractivity (Wildman–Crippen MR) is 89.2 cm³/mol. The molecule has 2 aromatic carbocycles. The van der Waals surface area contributed by atoms with Crippen LogP contribution >= 0.6 is 0 Å². The molecule has 0 spiro atoms. The molecule has 9 heteroatoms. The average Bonchev–Trinajstić information content (AvgIpc) is 2.59. The molecule has 1 heterocycles. The van der Waals surface area contributed by atoms with E-state index in [0.717, 1.165) is 0 Å². The number of anilines is 1. The van der Waals surface area contributed by atoms with E-state index in [1.807, 2.05) is 0 Å². The average molecular weight is 365 g/mol. The Hall–Kier alpha value is -3.23. The van der Waals surface area contributed by atoms with Gasteiger partial charge in [-0.2, -0.15) is 0 Å². The van der Waals surface area contributed by atoms with Crippen molar-refractivity contribution in [2.24, 2.45) is 0 Å². The summed E-state index contributed by atoms with van der Waals surface area (Å²) in [5, 5.41) is 0.440. The molecular formula is C17H14F3N3O3. The van der Waals surface area contributed by atoms with Crippen molar-refractivity contribution >= 4 is 16.9 Å². The van der Waals surface area contributed by atoms with E-state index in [1.54, 1.807) is 18.2 Å². The van der Waals surface area contributed by atoms with Crippen LogP contribution in [0, 0.1) is 0 Å². The molecule has 2 N–H and O–H groups in total. The molecule has 1 aromatic heterocycles. The van der Waals surface area contributed by atoms with Gasteiger partial charge in [-0.05, 0) is 18.2 Å². The minimum Gasteiger partial charge on any atom is -0.493 e. The number of para-hydroxylation sites is 1. The standard InChI is InChI=1S/C17H14F3N3O3/c1-24-13-7-10-11(8-14(13)25-2)22-16(21)23-15(10)9-5-3-4-6-12(9)26-17(18,19)20/h3-8H,1-2H3,(H2,21,22,23). The molecule has 136 valence electrons. The molecule has 3 rings (SSSR count). The quantitative estimate of drug-likeness (QED) is 0.758. The number of nitrogen functional groups attached to an aromatic ring is 1. The highest BCUT2D eigenvalue weighted by atomic mass is 19.4. The largest absolute Gasteiger partial charge is 0.573 e. The van der Waals surface area contributed by atoms with Gasteiger partial charge < -0.3 is 19.9 Å². The lowest BCUT2D eigenvalue weighted by Gasteiger charge is -2.15. The second-order valence-electron chi connectivity index (χ2n) is 5.20. The van der Waals surface area contributed by atoms with Crippen LogP contribution < -0.4 is 19.9 Å². The fraction of sp³-hybridized carbons (Fsp3) is 0.176. The van der Waals surface area contributed by atoms with Crippen molar-refractivity contribution in [2.75, 3.05) is 20.0 Å². The van der Waals surface area contributed by atoms with E-state index in [-0.39, 0.29) is 17.2 Å². The Morgan fingerprint density at radius 3 is 2.23 bits per heavy atom. The maximum Gasteiger partial charge on any atom is 0.573 e. The van der Waals surface area contributed by atoms with Gasteiger partial charge in [-0.15, -0.1) is 13.2 Å². The van der Waals surface area contributed by atoms with Crippen LogP contribution in [0.2, 0.25) is 0 Å². The second kappa shape index (κ2) is 6.58. The maximum atomic E-state index is 12.7. The number of benzene rings is 2. The van der Waals surface area contributed by atoms with Gasteiger partial charge in [-0.25, -0.2) is 9.97 Å². The third kappa shape index (κ3) is 3.41. The Bertz CT molecular complexity index is 961. The maximum absolute atomic E-state index is 12.7. The zero-order valence-electron chi connectivity index (χ0n) is 13.8. The number of ether oxygens (including phenoxy) is 3. The highest BCUT2D eigenvalue weighted by molar-refractivity contribution is 5.96. The van der Waals surface area contributed by atoms with Gasteiger partial charge in [-0.3, -0.25) is 0 Å². The molecule has 0 aliphatic carbocycles. The van der Waals surface area contributed by atoms with Crippen LogP contribution in [-0.4, -0.2) is 30.5 Å².